The smallest absolute Gasteiger partial charge is 0.306 e. The van der Waals surface area contributed by atoms with E-state index in [0.717, 1.165) is 49.5 Å². The summed E-state index contributed by atoms with van der Waals surface area (Å²) in [7, 11) is 0. The summed E-state index contributed by atoms with van der Waals surface area (Å²) in [6, 6.07) is 0. The number of aliphatic hydroxyl groups excluding tert-OH is 2. The lowest BCUT2D eigenvalue weighted by molar-refractivity contribution is -0.141. The normalized spacial score (nSPS) is 46.3. The minimum absolute atomic E-state index is 0.0551. The van der Waals surface area contributed by atoms with Gasteiger partial charge >= 0.3 is 5.97 Å². The van der Waals surface area contributed by atoms with Gasteiger partial charge in [-0.15, -0.1) is 0 Å². The predicted octanol–water partition coefficient (Wildman–Crippen LogP) is 5.42. The Hall–Kier alpha value is -0.870. The number of carboxylic acid groups (broad SMARTS) is 1. The van der Waals surface area contributed by atoms with Crippen LogP contribution < -0.4 is 0 Å². The van der Waals surface area contributed by atoms with Crippen LogP contribution in [0.25, 0.3) is 0 Å². The molecular weight excluding hydrogens is 388 g/mol. The maximum Gasteiger partial charge on any atom is 0.306 e. The van der Waals surface area contributed by atoms with Gasteiger partial charge in [-0.25, -0.2) is 0 Å². The number of aliphatic hydroxyl groups is 2. The van der Waals surface area contributed by atoms with Gasteiger partial charge in [-0.05, 0) is 97.4 Å². The van der Waals surface area contributed by atoms with Crippen LogP contribution in [0.4, 0.5) is 0 Å². The second-order valence-electron chi connectivity index (χ2n) is 12.1. The van der Waals surface area contributed by atoms with Gasteiger partial charge in [0.1, 0.15) is 6.10 Å². The highest BCUT2D eigenvalue weighted by molar-refractivity contribution is 5.69. The third kappa shape index (κ3) is 3.80. The number of aliphatic carboxylic acids is 1. The monoisotopic (exact) mass is 432 g/mol. The Labute approximate surface area is 188 Å². The SMILES string of the molecule is CC(CCCC(C)C1CCC2C3CC=C4C(O)C(O)CCC4(C)C3CCC12C)C(=O)O. The molecule has 4 aliphatic carbocycles. The van der Waals surface area contributed by atoms with Crippen molar-refractivity contribution >= 4 is 5.97 Å². The van der Waals surface area contributed by atoms with Crippen molar-refractivity contribution in [2.75, 3.05) is 0 Å². The Balaban J connectivity index is 1.46. The van der Waals surface area contributed by atoms with Crippen molar-refractivity contribution in [2.45, 2.75) is 104 Å². The van der Waals surface area contributed by atoms with Crippen LogP contribution in [0.3, 0.4) is 0 Å². The fourth-order valence-corrected chi connectivity index (χ4v) is 8.76. The zero-order valence-corrected chi connectivity index (χ0v) is 20.0. The molecule has 10 unspecified atom stereocenters. The van der Waals surface area contributed by atoms with Gasteiger partial charge in [-0.2, -0.15) is 0 Å². The summed E-state index contributed by atoms with van der Waals surface area (Å²) in [6.07, 6.45) is 11.9. The first-order chi connectivity index (χ1) is 14.6. The molecule has 0 aliphatic heterocycles. The van der Waals surface area contributed by atoms with Crippen LogP contribution in [-0.2, 0) is 4.79 Å². The molecule has 0 aromatic heterocycles. The van der Waals surface area contributed by atoms with Crippen LogP contribution in [-0.4, -0.2) is 33.5 Å². The highest BCUT2D eigenvalue weighted by atomic mass is 16.4. The minimum Gasteiger partial charge on any atom is -0.481 e. The number of carbonyl (C=O) groups is 1. The first-order valence-electron chi connectivity index (χ1n) is 12.9. The second-order valence-corrected chi connectivity index (χ2v) is 12.1. The van der Waals surface area contributed by atoms with Gasteiger partial charge in [0, 0.05) is 0 Å². The number of carboxylic acids is 1. The molecule has 0 bridgehead atoms. The van der Waals surface area contributed by atoms with Gasteiger partial charge < -0.3 is 15.3 Å². The molecule has 0 saturated heterocycles. The van der Waals surface area contributed by atoms with Gasteiger partial charge in [-0.3, -0.25) is 4.79 Å². The Kier molecular flexibility index (Phi) is 6.37. The summed E-state index contributed by atoms with van der Waals surface area (Å²) in [5.41, 5.74) is 1.58. The average Bonchev–Trinajstić information content (AvgIpc) is 3.08. The Morgan fingerprint density at radius 1 is 1.06 bits per heavy atom. The third-order valence-electron chi connectivity index (χ3n) is 10.6. The van der Waals surface area contributed by atoms with Crippen LogP contribution in [0, 0.1) is 46.3 Å². The molecule has 3 N–H and O–H groups in total. The number of fused-ring (bicyclic) bond motifs is 5. The summed E-state index contributed by atoms with van der Waals surface area (Å²) in [6.45, 7) is 9.16. The maximum absolute atomic E-state index is 11.1. The number of hydrogen-bond acceptors (Lipinski definition) is 3. The number of rotatable bonds is 6. The zero-order valence-electron chi connectivity index (χ0n) is 20.0. The molecule has 176 valence electrons. The van der Waals surface area contributed by atoms with Crippen molar-refractivity contribution in [3.63, 3.8) is 0 Å². The van der Waals surface area contributed by atoms with Crippen molar-refractivity contribution in [3.8, 4) is 0 Å². The molecule has 4 heteroatoms. The van der Waals surface area contributed by atoms with E-state index < -0.39 is 18.2 Å². The first kappa shape index (κ1) is 23.3. The largest absolute Gasteiger partial charge is 0.481 e. The molecule has 0 amide bonds. The molecule has 31 heavy (non-hydrogen) atoms. The molecule has 0 aromatic carbocycles. The molecule has 0 spiro atoms. The van der Waals surface area contributed by atoms with Crippen LogP contribution >= 0.6 is 0 Å². The lowest BCUT2D eigenvalue weighted by Gasteiger charge is -2.59. The lowest BCUT2D eigenvalue weighted by Crippen LogP contribution is -2.53. The van der Waals surface area contributed by atoms with Crippen LogP contribution in [0.1, 0.15) is 91.9 Å². The van der Waals surface area contributed by atoms with Crippen LogP contribution in [0.2, 0.25) is 0 Å². The van der Waals surface area contributed by atoms with Crippen molar-refractivity contribution in [1.29, 1.82) is 0 Å². The predicted molar refractivity (Wildman–Crippen MR) is 122 cm³/mol. The summed E-state index contributed by atoms with van der Waals surface area (Å²) < 4.78 is 0. The van der Waals surface area contributed by atoms with Gasteiger partial charge in [0.2, 0.25) is 0 Å². The lowest BCUT2D eigenvalue weighted by atomic mass is 9.46. The van der Waals surface area contributed by atoms with Gasteiger partial charge in [-0.1, -0.05) is 46.6 Å². The van der Waals surface area contributed by atoms with E-state index in [1.54, 1.807) is 0 Å². The zero-order chi connectivity index (χ0) is 22.6. The highest BCUT2D eigenvalue weighted by Crippen LogP contribution is 2.67. The van der Waals surface area contributed by atoms with E-state index in [4.69, 9.17) is 5.11 Å². The van der Waals surface area contributed by atoms with Gasteiger partial charge in [0.05, 0.1) is 12.0 Å². The van der Waals surface area contributed by atoms with Gasteiger partial charge in [0.25, 0.3) is 0 Å². The van der Waals surface area contributed by atoms with E-state index in [-0.39, 0.29) is 11.3 Å². The molecule has 0 heterocycles. The third-order valence-corrected chi connectivity index (χ3v) is 10.6. The maximum atomic E-state index is 11.1. The molecule has 4 rings (SSSR count). The summed E-state index contributed by atoms with van der Waals surface area (Å²) in [4.78, 5) is 11.1. The van der Waals surface area contributed by atoms with Crippen molar-refractivity contribution in [1.82, 2.24) is 0 Å². The molecule has 10 atom stereocenters. The first-order valence-corrected chi connectivity index (χ1v) is 12.9. The minimum atomic E-state index is -0.669. The average molecular weight is 433 g/mol. The Morgan fingerprint density at radius 2 is 1.81 bits per heavy atom. The van der Waals surface area contributed by atoms with Crippen molar-refractivity contribution in [3.05, 3.63) is 11.6 Å². The van der Waals surface area contributed by atoms with Crippen molar-refractivity contribution < 1.29 is 20.1 Å². The molecule has 3 saturated carbocycles. The molecule has 4 aliphatic rings. The molecule has 0 aromatic rings. The van der Waals surface area contributed by atoms with E-state index >= 15 is 0 Å². The fourth-order valence-electron chi connectivity index (χ4n) is 8.76. The van der Waals surface area contributed by atoms with Crippen molar-refractivity contribution in [2.24, 2.45) is 46.3 Å². The molecule has 4 nitrogen and oxygen atoms in total. The van der Waals surface area contributed by atoms with Crippen LogP contribution in [0.15, 0.2) is 11.6 Å². The van der Waals surface area contributed by atoms with E-state index in [2.05, 4.69) is 26.8 Å². The molecule has 0 radical (unpaired) electrons. The van der Waals surface area contributed by atoms with Gasteiger partial charge in [0.15, 0.2) is 0 Å². The standard InChI is InChI=1S/C27H44O4/c1-16(6-5-7-17(2)25(30)31)19-10-11-20-18-8-9-22-24(29)23(28)13-15-27(22,4)21(18)12-14-26(19,20)3/h9,16-21,23-24,28-29H,5-8,10-15H2,1-4H3,(H,30,31). The summed E-state index contributed by atoms with van der Waals surface area (Å²) >= 11 is 0. The Bertz CT molecular complexity index is 716. The van der Waals surface area contributed by atoms with Crippen LogP contribution in [0.5, 0.6) is 0 Å². The molecular formula is C27H44O4. The Morgan fingerprint density at radius 3 is 2.52 bits per heavy atom. The van der Waals surface area contributed by atoms with E-state index in [9.17, 15) is 15.0 Å². The number of hydrogen-bond donors (Lipinski definition) is 3. The number of allylic oxidation sites excluding steroid dienone is 1. The summed E-state index contributed by atoms with van der Waals surface area (Å²) in [5.74, 6) is 2.60. The fraction of sp³-hybridized carbons (Fsp3) is 0.889. The summed E-state index contributed by atoms with van der Waals surface area (Å²) in [5, 5.41) is 30.1. The highest BCUT2D eigenvalue weighted by Gasteiger charge is 2.60. The quantitative estimate of drug-likeness (QED) is 0.490. The molecule has 3 fully saturated rings. The van der Waals surface area contributed by atoms with E-state index in [0.29, 0.717) is 29.6 Å². The topological polar surface area (TPSA) is 77.8 Å². The van der Waals surface area contributed by atoms with E-state index in [1.807, 2.05) is 6.92 Å². The van der Waals surface area contributed by atoms with E-state index in [1.165, 1.54) is 25.7 Å². The second kappa shape index (κ2) is 8.48.